The van der Waals surface area contributed by atoms with Crippen LogP contribution in [-0.2, 0) is 17.9 Å². The van der Waals surface area contributed by atoms with Crippen LogP contribution in [0.2, 0.25) is 0 Å². The van der Waals surface area contributed by atoms with Crippen molar-refractivity contribution >= 4 is 35.8 Å². The molecule has 0 atom stereocenters. The summed E-state index contributed by atoms with van der Waals surface area (Å²) in [5.41, 5.74) is 2.05. The maximum Gasteiger partial charge on any atom is 0.259 e. The Labute approximate surface area is 201 Å². The molecule has 0 heterocycles. The first-order valence-electron chi connectivity index (χ1n) is 9.71. The molecular formula is C23H31IN4O3. The van der Waals surface area contributed by atoms with Gasteiger partial charge in [0.1, 0.15) is 18.1 Å². The number of rotatable bonds is 10. The number of carbonyl (C=O) groups is 1. The first-order valence-corrected chi connectivity index (χ1v) is 9.71. The van der Waals surface area contributed by atoms with Crippen molar-refractivity contribution in [2.24, 2.45) is 4.99 Å². The normalized spacial score (nSPS) is 10.5. The van der Waals surface area contributed by atoms with Crippen LogP contribution in [0.5, 0.6) is 11.5 Å². The van der Waals surface area contributed by atoms with Crippen LogP contribution in [0.25, 0.3) is 0 Å². The second-order valence-electron chi connectivity index (χ2n) is 6.71. The minimum absolute atomic E-state index is 0. The van der Waals surface area contributed by atoms with Crippen molar-refractivity contribution in [2.45, 2.75) is 13.1 Å². The molecule has 0 bridgehead atoms. The lowest BCUT2D eigenvalue weighted by Crippen LogP contribution is -2.36. The summed E-state index contributed by atoms with van der Waals surface area (Å²) in [5, 5.41) is 6.57. The topological polar surface area (TPSA) is 75.2 Å². The molecule has 1 amide bonds. The smallest absolute Gasteiger partial charge is 0.259 e. The predicted molar refractivity (Wildman–Crippen MR) is 135 cm³/mol. The van der Waals surface area contributed by atoms with E-state index in [0.717, 1.165) is 16.9 Å². The molecule has 0 spiro atoms. The fraction of sp³-hybridized carbons (Fsp3) is 0.304. The Morgan fingerprint density at radius 3 is 2.55 bits per heavy atom. The van der Waals surface area contributed by atoms with Gasteiger partial charge < -0.3 is 25.0 Å². The van der Waals surface area contributed by atoms with Gasteiger partial charge in [-0.3, -0.25) is 9.79 Å². The van der Waals surface area contributed by atoms with Gasteiger partial charge in [0.05, 0.1) is 0 Å². The zero-order valence-corrected chi connectivity index (χ0v) is 20.6. The van der Waals surface area contributed by atoms with Gasteiger partial charge in [-0.15, -0.1) is 24.0 Å². The highest BCUT2D eigenvalue weighted by atomic mass is 127. The van der Waals surface area contributed by atoms with Crippen molar-refractivity contribution in [3.63, 3.8) is 0 Å². The SMILES string of the molecule is C=CCOc1ccccc1CNC(=NC)NCc1cccc(OCC(=O)N(C)C)c1.I. The number of hydrogen-bond acceptors (Lipinski definition) is 4. The van der Waals surface area contributed by atoms with Gasteiger partial charge in [0.15, 0.2) is 12.6 Å². The van der Waals surface area contributed by atoms with E-state index >= 15 is 0 Å². The Morgan fingerprint density at radius 2 is 1.84 bits per heavy atom. The molecule has 2 aromatic carbocycles. The van der Waals surface area contributed by atoms with E-state index in [2.05, 4.69) is 22.2 Å². The molecule has 168 valence electrons. The molecule has 0 aromatic heterocycles. The fourth-order valence-electron chi connectivity index (χ4n) is 2.54. The summed E-state index contributed by atoms with van der Waals surface area (Å²) < 4.78 is 11.3. The van der Waals surface area contributed by atoms with E-state index < -0.39 is 0 Å². The van der Waals surface area contributed by atoms with Gasteiger partial charge in [0.2, 0.25) is 0 Å². The molecule has 0 fully saturated rings. The summed E-state index contributed by atoms with van der Waals surface area (Å²) >= 11 is 0. The summed E-state index contributed by atoms with van der Waals surface area (Å²) in [6, 6.07) is 15.5. The average molecular weight is 538 g/mol. The summed E-state index contributed by atoms with van der Waals surface area (Å²) in [6.07, 6.45) is 1.72. The average Bonchev–Trinajstić information content (AvgIpc) is 2.77. The van der Waals surface area contributed by atoms with Gasteiger partial charge in [-0.25, -0.2) is 0 Å². The number of aliphatic imine (C=N–C) groups is 1. The van der Waals surface area contributed by atoms with E-state index in [1.54, 1.807) is 27.2 Å². The first-order chi connectivity index (χ1) is 14.5. The van der Waals surface area contributed by atoms with E-state index in [4.69, 9.17) is 9.47 Å². The van der Waals surface area contributed by atoms with E-state index in [9.17, 15) is 4.79 Å². The largest absolute Gasteiger partial charge is 0.489 e. The van der Waals surface area contributed by atoms with Gasteiger partial charge in [0.25, 0.3) is 5.91 Å². The highest BCUT2D eigenvalue weighted by Crippen LogP contribution is 2.17. The van der Waals surface area contributed by atoms with Gasteiger partial charge in [0, 0.05) is 39.8 Å². The number of nitrogens with one attached hydrogen (secondary N) is 2. The maximum atomic E-state index is 11.7. The molecule has 0 aliphatic rings. The number of nitrogens with zero attached hydrogens (tertiary/aromatic N) is 2. The minimum atomic E-state index is -0.0829. The number of guanidine groups is 1. The number of hydrogen-bond donors (Lipinski definition) is 2. The molecular weight excluding hydrogens is 507 g/mol. The molecule has 0 aliphatic heterocycles. The lowest BCUT2D eigenvalue weighted by atomic mass is 10.2. The fourth-order valence-corrected chi connectivity index (χ4v) is 2.54. The van der Waals surface area contributed by atoms with Crippen molar-refractivity contribution in [2.75, 3.05) is 34.4 Å². The third kappa shape index (κ3) is 9.29. The van der Waals surface area contributed by atoms with Crippen molar-refractivity contribution in [1.82, 2.24) is 15.5 Å². The molecule has 8 heteroatoms. The van der Waals surface area contributed by atoms with Crippen molar-refractivity contribution in [3.05, 3.63) is 72.3 Å². The first kappa shape index (κ1) is 26.3. The third-order valence-corrected chi connectivity index (χ3v) is 4.22. The predicted octanol–water partition coefficient (Wildman–Crippen LogP) is 3.20. The number of para-hydroxylation sites is 1. The Morgan fingerprint density at radius 1 is 1.10 bits per heavy atom. The molecule has 0 aliphatic carbocycles. The molecule has 2 rings (SSSR count). The van der Waals surface area contributed by atoms with Gasteiger partial charge in [-0.1, -0.05) is 43.0 Å². The van der Waals surface area contributed by atoms with E-state index in [0.29, 0.717) is 31.4 Å². The summed E-state index contributed by atoms with van der Waals surface area (Å²) in [5.74, 6) is 2.06. The van der Waals surface area contributed by atoms with Gasteiger partial charge in [-0.2, -0.15) is 0 Å². The molecule has 0 saturated heterocycles. The van der Waals surface area contributed by atoms with Gasteiger partial charge in [-0.05, 0) is 23.8 Å². The van der Waals surface area contributed by atoms with Crippen LogP contribution in [0.3, 0.4) is 0 Å². The lowest BCUT2D eigenvalue weighted by molar-refractivity contribution is -0.130. The number of halogens is 1. The standard InChI is InChI=1S/C23H30N4O3.HI/c1-5-13-29-21-12-7-6-10-19(21)16-26-23(24-2)25-15-18-9-8-11-20(14-18)30-17-22(28)27(3)4;/h5-12,14H,1,13,15-17H2,2-4H3,(H2,24,25,26);1H. The Balaban J connectivity index is 0.00000480. The van der Waals surface area contributed by atoms with Crippen LogP contribution in [-0.4, -0.2) is 51.1 Å². The molecule has 0 unspecified atom stereocenters. The molecule has 2 aromatic rings. The number of amides is 1. The van der Waals surface area contributed by atoms with Crippen LogP contribution in [0, 0.1) is 0 Å². The monoisotopic (exact) mass is 538 g/mol. The van der Waals surface area contributed by atoms with Crippen LogP contribution in [0.15, 0.2) is 66.2 Å². The summed E-state index contributed by atoms with van der Waals surface area (Å²) in [4.78, 5) is 17.4. The third-order valence-electron chi connectivity index (χ3n) is 4.22. The second kappa shape index (κ2) is 14.3. The zero-order valence-electron chi connectivity index (χ0n) is 18.3. The second-order valence-corrected chi connectivity index (χ2v) is 6.71. The number of carbonyl (C=O) groups excluding carboxylic acids is 1. The van der Waals surface area contributed by atoms with Crippen molar-refractivity contribution < 1.29 is 14.3 Å². The summed E-state index contributed by atoms with van der Waals surface area (Å²) in [7, 11) is 5.13. The highest BCUT2D eigenvalue weighted by Gasteiger charge is 2.07. The lowest BCUT2D eigenvalue weighted by Gasteiger charge is -2.15. The van der Waals surface area contributed by atoms with Gasteiger partial charge >= 0.3 is 0 Å². The van der Waals surface area contributed by atoms with Crippen molar-refractivity contribution in [1.29, 1.82) is 0 Å². The minimum Gasteiger partial charge on any atom is -0.489 e. The summed E-state index contributed by atoms with van der Waals surface area (Å²) in [6.45, 7) is 5.29. The van der Waals surface area contributed by atoms with Crippen molar-refractivity contribution in [3.8, 4) is 11.5 Å². The van der Waals surface area contributed by atoms with E-state index in [1.807, 2.05) is 48.5 Å². The number of ether oxygens (including phenoxy) is 2. The molecule has 0 saturated carbocycles. The molecule has 2 N–H and O–H groups in total. The maximum absolute atomic E-state index is 11.7. The molecule has 31 heavy (non-hydrogen) atoms. The molecule has 7 nitrogen and oxygen atoms in total. The Kier molecular flexibility index (Phi) is 12.1. The zero-order chi connectivity index (χ0) is 21.8. The Bertz CT molecular complexity index is 871. The number of benzene rings is 2. The number of likely N-dealkylation sites (N-methyl/N-ethyl adjacent to an activating group) is 1. The van der Waals surface area contributed by atoms with Crippen LogP contribution < -0.4 is 20.1 Å². The molecule has 0 radical (unpaired) electrons. The highest BCUT2D eigenvalue weighted by molar-refractivity contribution is 14.0. The van der Waals surface area contributed by atoms with E-state index in [1.165, 1.54) is 4.90 Å². The van der Waals surface area contributed by atoms with Crippen LogP contribution in [0.4, 0.5) is 0 Å². The quantitative estimate of drug-likeness (QED) is 0.211. The van der Waals surface area contributed by atoms with Crippen LogP contribution in [0.1, 0.15) is 11.1 Å². The Hall–Kier alpha value is -2.75. The van der Waals surface area contributed by atoms with E-state index in [-0.39, 0.29) is 36.5 Å². The van der Waals surface area contributed by atoms with Crippen LogP contribution >= 0.6 is 24.0 Å².